The maximum Gasteiger partial charge on any atom is 0.239 e. The Morgan fingerprint density at radius 2 is 2.15 bits per heavy atom. The Hall–Kier alpha value is -1.55. The summed E-state index contributed by atoms with van der Waals surface area (Å²) >= 11 is 0. The Balaban J connectivity index is 2.72. The van der Waals surface area contributed by atoms with Gasteiger partial charge in [0, 0.05) is 19.2 Å². The van der Waals surface area contributed by atoms with Gasteiger partial charge in [0.2, 0.25) is 5.91 Å². The van der Waals surface area contributed by atoms with E-state index in [9.17, 15) is 4.79 Å². The molecule has 2 N–H and O–H groups in total. The monoisotopic (exact) mass is 278 g/mol. The molecule has 0 heterocycles. The lowest BCUT2D eigenvalue weighted by molar-refractivity contribution is -0.132. The number of rotatable bonds is 7. The number of hydrogen-bond donors (Lipinski definition) is 1. The van der Waals surface area contributed by atoms with Crippen LogP contribution in [0.25, 0.3) is 0 Å². The second-order valence-corrected chi connectivity index (χ2v) is 5.26. The summed E-state index contributed by atoms with van der Waals surface area (Å²) in [7, 11) is 3.43. The van der Waals surface area contributed by atoms with Crippen LogP contribution in [-0.4, -0.2) is 31.0 Å². The van der Waals surface area contributed by atoms with E-state index in [1.165, 1.54) is 0 Å². The highest BCUT2D eigenvalue weighted by Crippen LogP contribution is 2.21. The van der Waals surface area contributed by atoms with Gasteiger partial charge in [0.1, 0.15) is 5.75 Å². The van der Waals surface area contributed by atoms with E-state index in [1.807, 2.05) is 25.1 Å². The van der Waals surface area contributed by atoms with Gasteiger partial charge < -0.3 is 15.4 Å². The first-order chi connectivity index (χ1) is 9.49. The maximum absolute atomic E-state index is 12.2. The molecule has 1 rings (SSSR count). The minimum atomic E-state index is -0.407. The summed E-state index contributed by atoms with van der Waals surface area (Å²) in [5, 5.41) is 0. The molecule has 0 radical (unpaired) electrons. The molecule has 1 aromatic carbocycles. The number of likely N-dealkylation sites (N-methyl/N-ethyl adjacent to an activating group) is 1. The molecule has 0 fully saturated rings. The molecule has 0 aliphatic carbocycles. The van der Waals surface area contributed by atoms with E-state index >= 15 is 0 Å². The van der Waals surface area contributed by atoms with Crippen LogP contribution in [0, 0.1) is 6.92 Å². The highest BCUT2D eigenvalue weighted by molar-refractivity contribution is 5.81. The predicted molar refractivity (Wildman–Crippen MR) is 81.7 cm³/mol. The zero-order valence-corrected chi connectivity index (χ0v) is 13.0. The number of nitrogens with two attached hydrogens (primary N) is 1. The minimum absolute atomic E-state index is 0.0120. The first-order valence-corrected chi connectivity index (χ1v) is 7.13. The minimum Gasteiger partial charge on any atom is -0.496 e. The van der Waals surface area contributed by atoms with E-state index in [0.717, 1.165) is 36.1 Å². The first kappa shape index (κ1) is 16.5. The van der Waals surface area contributed by atoms with Crippen LogP contribution >= 0.6 is 0 Å². The van der Waals surface area contributed by atoms with Gasteiger partial charge in [-0.05, 0) is 19.4 Å². The number of carbonyl (C=O) groups is 1. The molecule has 0 aliphatic heterocycles. The fourth-order valence-corrected chi connectivity index (χ4v) is 2.19. The fraction of sp³-hybridized carbons (Fsp3) is 0.562. The van der Waals surface area contributed by atoms with Gasteiger partial charge in [-0.3, -0.25) is 4.79 Å². The Morgan fingerprint density at radius 1 is 1.45 bits per heavy atom. The lowest BCUT2D eigenvalue weighted by Crippen LogP contribution is -2.41. The molecule has 112 valence electrons. The van der Waals surface area contributed by atoms with Gasteiger partial charge in [-0.15, -0.1) is 0 Å². The predicted octanol–water partition coefficient (Wildman–Crippen LogP) is 2.48. The topological polar surface area (TPSA) is 55.6 Å². The summed E-state index contributed by atoms with van der Waals surface area (Å²) in [6, 6.07) is 5.56. The zero-order chi connectivity index (χ0) is 15.1. The number of benzene rings is 1. The lowest BCUT2D eigenvalue weighted by Gasteiger charge is -2.22. The number of hydrogen-bond acceptors (Lipinski definition) is 3. The molecule has 0 saturated heterocycles. The number of nitrogens with zero attached hydrogens (tertiary/aromatic N) is 1. The second kappa shape index (κ2) is 7.90. The standard InChI is InChI=1S/C16H26N2O2/c1-5-6-7-14(17)16(19)18(3)11-13-10-12(2)8-9-15(13)20-4/h8-10,14H,5-7,11,17H2,1-4H3/t14-/m0/s1. The number of amides is 1. The smallest absolute Gasteiger partial charge is 0.239 e. The van der Waals surface area contributed by atoms with Crippen molar-refractivity contribution in [2.24, 2.45) is 5.73 Å². The third-order valence-electron chi connectivity index (χ3n) is 3.41. The number of methoxy groups -OCH3 is 1. The van der Waals surface area contributed by atoms with Crippen molar-refractivity contribution in [3.05, 3.63) is 29.3 Å². The summed E-state index contributed by atoms with van der Waals surface area (Å²) in [5.41, 5.74) is 8.09. The van der Waals surface area contributed by atoms with E-state index in [2.05, 4.69) is 6.92 Å². The van der Waals surface area contributed by atoms with Crippen molar-refractivity contribution < 1.29 is 9.53 Å². The molecular formula is C16H26N2O2. The molecule has 0 unspecified atom stereocenters. The average Bonchev–Trinajstić information content (AvgIpc) is 2.44. The van der Waals surface area contributed by atoms with Crippen molar-refractivity contribution in [3.8, 4) is 5.75 Å². The van der Waals surface area contributed by atoms with Gasteiger partial charge in [0.05, 0.1) is 13.2 Å². The van der Waals surface area contributed by atoms with Crippen LogP contribution in [0.4, 0.5) is 0 Å². The highest BCUT2D eigenvalue weighted by Gasteiger charge is 2.18. The molecule has 0 saturated carbocycles. The van der Waals surface area contributed by atoms with Crippen molar-refractivity contribution in [2.75, 3.05) is 14.2 Å². The van der Waals surface area contributed by atoms with E-state index in [1.54, 1.807) is 19.1 Å². The molecule has 1 amide bonds. The van der Waals surface area contributed by atoms with E-state index in [-0.39, 0.29) is 5.91 Å². The van der Waals surface area contributed by atoms with Crippen LogP contribution in [0.3, 0.4) is 0 Å². The molecule has 0 aliphatic rings. The average molecular weight is 278 g/mol. The third kappa shape index (κ3) is 4.53. The van der Waals surface area contributed by atoms with Crippen molar-refractivity contribution in [1.82, 2.24) is 4.90 Å². The molecule has 0 spiro atoms. The van der Waals surface area contributed by atoms with Gasteiger partial charge in [-0.1, -0.05) is 37.5 Å². The SMILES string of the molecule is CCCC[C@H](N)C(=O)N(C)Cc1cc(C)ccc1OC. The van der Waals surface area contributed by atoms with Gasteiger partial charge in [0.15, 0.2) is 0 Å². The highest BCUT2D eigenvalue weighted by atomic mass is 16.5. The summed E-state index contributed by atoms with van der Waals surface area (Å²) in [6.07, 6.45) is 2.77. The van der Waals surface area contributed by atoms with E-state index in [4.69, 9.17) is 10.5 Å². The molecule has 4 heteroatoms. The van der Waals surface area contributed by atoms with Gasteiger partial charge in [-0.25, -0.2) is 0 Å². The molecule has 0 bridgehead atoms. The fourth-order valence-electron chi connectivity index (χ4n) is 2.19. The number of carbonyl (C=O) groups excluding carboxylic acids is 1. The van der Waals surface area contributed by atoms with Crippen LogP contribution in [0.5, 0.6) is 5.75 Å². The van der Waals surface area contributed by atoms with Gasteiger partial charge >= 0.3 is 0 Å². The summed E-state index contributed by atoms with van der Waals surface area (Å²) in [5.74, 6) is 0.791. The molecular weight excluding hydrogens is 252 g/mol. The van der Waals surface area contributed by atoms with Crippen molar-refractivity contribution >= 4 is 5.91 Å². The summed E-state index contributed by atoms with van der Waals surface area (Å²) in [6.45, 7) is 4.64. The Kier molecular flexibility index (Phi) is 6.52. The summed E-state index contributed by atoms with van der Waals surface area (Å²) in [4.78, 5) is 13.9. The van der Waals surface area contributed by atoms with Crippen molar-refractivity contribution in [2.45, 2.75) is 45.7 Å². The molecule has 1 aromatic rings. The maximum atomic E-state index is 12.2. The van der Waals surface area contributed by atoms with Crippen LogP contribution in [0.1, 0.15) is 37.3 Å². The largest absolute Gasteiger partial charge is 0.496 e. The van der Waals surface area contributed by atoms with Crippen LogP contribution in [0.2, 0.25) is 0 Å². The van der Waals surface area contributed by atoms with Crippen LogP contribution < -0.4 is 10.5 Å². The molecule has 4 nitrogen and oxygen atoms in total. The first-order valence-electron chi connectivity index (χ1n) is 7.13. The third-order valence-corrected chi connectivity index (χ3v) is 3.41. The molecule has 1 atom stereocenters. The Labute approximate surface area is 121 Å². The van der Waals surface area contributed by atoms with Gasteiger partial charge in [0.25, 0.3) is 0 Å². The normalized spacial score (nSPS) is 12.1. The van der Waals surface area contributed by atoms with E-state index < -0.39 is 6.04 Å². The Morgan fingerprint density at radius 3 is 2.75 bits per heavy atom. The van der Waals surface area contributed by atoms with Gasteiger partial charge in [-0.2, -0.15) is 0 Å². The Bertz CT molecular complexity index is 446. The quantitative estimate of drug-likeness (QED) is 0.833. The number of unbranched alkanes of at least 4 members (excludes halogenated alkanes) is 1. The van der Waals surface area contributed by atoms with Crippen LogP contribution in [0.15, 0.2) is 18.2 Å². The van der Waals surface area contributed by atoms with Crippen LogP contribution in [-0.2, 0) is 11.3 Å². The second-order valence-electron chi connectivity index (χ2n) is 5.26. The number of ether oxygens (including phenoxy) is 1. The molecule has 20 heavy (non-hydrogen) atoms. The van der Waals surface area contributed by atoms with Crippen molar-refractivity contribution in [3.63, 3.8) is 0 Å². The van der Waals surface area contributed by atoms with Crippen molar-refractivity contribution in [1.29, 1.82) is 0 Å². The molecule has 0 aromatic heterocycles. The summed E-state index contributed by atoms with van der Waals surface area (Å²) < 4.78 is 5.34. The number of aryl methyl sites for hydroxylation is 1. The zero-order valence-electron chi connectivity index (χ0n) is 13.0. The van der Waals surface area contributed by atoms with E-state index in [0.29, 0.717) is 6.54 Å². The lowest BCUT2D eigenvalue weighted by atomic mass is 10.1.